The SMILES string of the molecule is CC1(C)O[C@@]23CCC4(C)[C@@]5(C)c6[nH]c7ccccc7c6C[C@@H]5C[C@H](O)[C@@]4(O)C2=CC(=O)C1O3. The zero-order valence-corrected chi connectivity index (χ0v) is 19.6. The van der Waals surface area contributed by atoms with Crippen LogP contribution in [0.1, 0.15) is 58.2 Å². The summed E-state index contributed by atoms with van der Waals surface area (Å²) in [4.78, 5) is 16.8. The predicted octanol–water partition coefficient (Wildman–Crippen LogP) is 3.29. The summed E-state index contributed by atoms with van der Waals surface area (Å²) >= 11 is 0. The van der Waals surface area contributed by atoms with Crippen LogP contribution < -0.4 is 0 Å². The number of hydrogen-bond acceptors (Lipinski definition) is 5. The number of aliphatic hydroxyl groups excluding tert-OH is 1. The second-order valence-electron chi connectivity index (χ2n) is 11.9. The van der Waals surface area contributed by atoms with E-state index in [1.54, 1.807) is 0 Å². The minimum Gasteiger partial charge on any atom is -0.390 e. The number of fused-ring (bicyclic) bond motifs is 9. The molecule has 3 fully saturated rings. The molecular weight excluding hydrogens is 418 g/mol. The van der Waals surface area contributed by atoms with Gasteiger partial charge in [-0.25, -0.2) is 0 Å². The average Bonchev–Trinajstić information content (AvgIpc) is 3.34. The van der Waals surface area contributed by atoms with Gasteiger partial charge < -0.3 is 24.7 Å². The number of ketones is 1. The Hall–Kier alpha value is -1.99. The average molecular weight is 450 g/mol. The van der Waals surface area contributed by atoms with Crippen molar-refractivity contribution in [3.05, 3.63) is 47.2 Å². The molecule has 0 radical (unpaired) electrons. The van der Waals surface area contributed by atoms with Crippen molar-refractivity contribution in [2.45, 2.75) is 88.0 Å². The first-order chi connectivity index (χ1) is 15.5. The lowest BCUT2D eigenvalue weighted by Crippen LogP contribution is -2.74. The van der Waals surface area contributed by atoms with Crippen molar-refractivity contribution in [1.82, 2.24) is 4.98 Å². The second kappa shape index (κ2) is 5.62. The highest BCUT2D eigenvalue weighted by atomic mass is 16.8. The summed E-state index contributed by atoms with van der Waals surface area (Å²) in [7, 11) is 0. The molecule has 174 valence electrons. The molecule has 6 heteroatoms. The van der Waals surface area contributed by atoms with Gasteiger partial charge in [0.1, 0.15) is 11.2 Å². The van der Waals surface area contributed by atoms with Gasteiger partial charge in [-0.05, 0) is 56.7 Å². The zero-order valence-electron chi connectivity index (χ0n) is 19.6. The van der Waals surface area contributed by atoms with E-state index in [1.807, 2.05) is 19.9 Å². The van der Waals surface area contributed by atoms with Crippen LogP contribution in [-0.2, 0) is 26.1 Å². The number of para-hydroxylation sites is 1. The summed E-state index contributed by atoms with van der Waals surface area (Å²) in [5, 5.41) is 25.4. The van der Waals surface area contributed by atoms with Crippen LogP contribution in [0.3, 0.4) is 0 Å². The van der Waals surface area contributed by atoms with Crippen molar-refractivity contribution >= 4 is 16.7 Å². The van der Waals surface area contributed by atoms with Gasteiger partial charge in [-0.15, -0.1) is 0 Å². The molecular formula is C27H31NO5. The Kier molecular flexibility index (Phi) is 3.48. The highest BCUT2D eigenvalue weighted by Crippen LogP contribution is 2.71. The van der Waals surface area contributed by atoms with Gasteiger partial charge in [0.2, 0.25) is 0 Å². The normalized spacial score (nSPS) is 47.0. The van der Waals surface area contributed by atoms with Crippen LogP contribution in [0.5, 0.6) is 0 Å². The van der Waals surface area contributed by atoms with Gasteiger partial charge in [0.25, 0.3) is 0 Å². The fourth-order valence-corrected chi connectivity index (χ4v) is 8.43. The smallest absolute Gasteiger partial charge is 0.195 e. The lowest BCUT2D eigenvalue weighted by atomic mass is 9.41. The Morgan fingerprint density at radius 3 is 2.67 bits per heavy atom. The molecule has 7 rings (SSSR count). The Morgan fingerprint density at radius 2 is 1.88 bits per heavy atom. The van der Waals surface area contributed by atoms with Crippen LogP contribution >= 0.6 is 0 Å². The van der Waals surface area contributed by atoms with Gasteiger partial charge in [0.05, 0.1) is 6.10 Å². The molecule has 3 aliphatic carbocycles. The molecule has 5 aliphatic rings. The van der Waals surface area contributed by atoms with Crippen molar-refractivity contribution in [3.8, 4) is 0 Å². The molecule has 6 nitrogen and oxygen atoms in total. The molecule has 2 aromatic rings. The minimum atomic E-state index is -1.64. The van der Waals surface area contributed by atoms with E-state index in [9.17, 15) is 15.0 Å². The fraction of sp³-hybridized carbons (Fsp3) is 0.593. The molecule has 0 amide bonds. The summed E-state index contributed by atoms with van der Waals surface area (Å²) in [6.07, 6.45) is 2.29. The number of benzene rings is 1. The van der Waals surface area contributed by atoms with Crippen LogP contribution in [0.15, 0.2) is 35.9 Å². The van der Waals surface area contributed by atoms with Crippen LogP contribution in [0.25, 0.3) is 10.9 Å². The van der Waals surface area contributed by atoms with Gasteiger partial charge in [-0.2, -0.15) is 0 Å². The summed E-state index contributed by atoms with van der Waals surface area (Å²) in [5.74, 6) is -1.17. The topological polar surface area (TPSA) is 91.8 Å². The van der Waals surface area contributed by atoms with E-state index >= 15 is 0 Å². The lowest BCUT2D eigenvalue weighted by Gasteiger charge is -2.66. The third-order valence-corrected chi connectivity index (χ3v) is 10.3. The van der Waals surface area contributed by atoms with Crippen molar-refractivity contribution in [2.24, 2.45) is 11.3 Å². The monoisotopic (exact) mass is 449 g/mol. The first-order valence-corrected chi connectivity index (χ1v) is 12.1. The first-order valence-electron chi connectivity index (χ1n) is 12.1. The quantitative estimate of drug-likeness (QED) is 0.574. The minimum absolute atomic E-state index is 0.187. The van der Waals surface area contributed by atoms with Gasteiger partial charge in [-0.3, -0.25) is 4.79 Å². The van der Waals surface area contributed by atoms with E-state index in [4.69, 9.17) is 9.47 Å². The molecule has 7 atom stereocenters. The van der Waals surface area contributed by atoms with Gasteiger partial charge in [-0.1, -0.05) is 32.0 Å². The van der Waals surface area contributed by atoms with E-state index in [0.29, 0.717) is 24.8 Å². The number of ether oxygens (including phenoxy) is 2. The molecule has 33 heavy (non-hydrogen) atoms. The van der Waals surface area contributed by atoms with Crippen LogP contribution in [-0.4, -0.2) is 50.2 Å². The second-order valence-corrected chi connectivity index (χ2v) is 11.9. The number of H-pyrrole nitrogens is 1. The summed E-state index contributed by atoms with van der Waals surface area (Å²) in [6, 6.07) is 8.34. The van der Waals surface area contributed by atoms with E-state index in [1.165, 1.54) is 17.0 Å². The summed E-state index contributed by atoms with van der Waals surface area (Å²) in [6.45, 7) is 8.05. The summed E-state index contributed by atoms with van der Waals surface area (Å²) < 4.78 is 12.7. The van der Waals surface area contributed by atoms with E-state index in [2.05, 4.69) is 37.0 Å². The van der Waals surface area contributed by atoms with E-state index in [0.717, 1.165) is 17.6 Å². The van der Waals surface area contributed by atoms with Crippen molar-refractivity contribution < 1.29 is 24.5 Å². The predicted molar refractivity (Wildman–Crippen MR) is 122 cm³/mol. The number of hydrogen-bond donors (Lipinski definition) is 3. The maximum absolute atomic E-state index is 13.1. The Labute approximate surface area is 193 Å². The molecule has 1 saturated heterocycles. The molecule has 3 N–H and O–H groups in total. The van der Waals surface area contributed by atoms with E-state index in [-0.39, 0.29) is 11.7 Å². The van der Waals surface area contributed by atoms with Crippen molar-refractivity contribution in [3.63, 3.8) is 0 Å². The number of aromatic amines is 1. The zero-order chi connectivity index (χ0) is 23.2. The van der Waals surface area contributed by atoms with Gasteiger partial charge in [0.15, 0.2) is 17.7 Å². The molecule has 1 aromatic carbocycles. The molecule has 3 heterocycles. The van der Waals surface area contributed by atoms with Gasteiger partial charge in [0, 0.05) is 39.4 Å². The highest BCUT2D eigenvalue weighted by Gasteiger charge is 2.77. The molecule has 2 saturated carbocycles. The summed E-state index contributed by atoms with van der Waals surface area (Å²) in [5.41, 5.74) is 0.397. The number of nitrogens with one attached hydrogen (secondary N) is 1. The van der Waals surface area contributed by atoms with Gasteiger partial charge >= 0.3 is 0 Å². The number of carbonyl (C=O) groups excluding carboxylic acids is 1. The van der Waals surface area contributed by atoms with Crippen LogP contribution in [0, 0.1) is 11.3 Å². The third-order valence-electron chi connectivity index (χ3n) is 10.3. The maximum Gasteiger partial charge on any atom is 0.195 e. The standard InChI is InChI=1S/C27H31NO5/c1-23(2)22-18(29)13-19-26(32-22,33-23)10-9-24(3)25(4)14(12-20(30)27(19,24)31)11-16-15-7-5-6-8-17(15)28-21(16)25/h5-8,13-14,20,22,28,30-31H,9-12H2,1-4H3/t14-,20+,22?,24?,25-,26+,27+/m1/s1. The number of carbonyl (C=O) groups is 1. The Morgan fingerprint density at radius 1 is 1.12 bits per heavy atom. The largest absolute Gasteiger partial charge is 0.390 e. The number of aliphatic hydroxyl groups is 2. The number of aromatic nitrogens is 1. The molecule has 2 aliphatic heterocycles. The van der Waals surface area contributed by atoms with Crippen LogP contribution in [0.2, 0.25) is 0 Å². The third kappa shape index (κ3) is 1.98. The fourth-order valence-electron chi connectivity index (χ4n) is 8.43. The molecule has 1 aromatic heterocycles. The van der Waals surface area contributed by atoms with Crippen molar-refractivity contribution in [2.75, 3.05) is 0 Å². The molecule has 2 bridgehead atoms. The first kappa shape index (κ1) is 20.4. The maximum atomic E-state index is 13.1. The highest BCUT2D eigenvalue weighted by molar-refractivity contribution is 5.97. The Bertz CT molecular complexity index is 1280. The molecule has 2 unspecified atom stereocenters. The van der Waals surface area contributed by atoms with E-state index < -0.39 is 40.0 Å². The lowest BCUT2D eigenvalue weighted by molar-refractivity contribution is -0.274. The molecule has 1 spiro atoms. The Balaban J connectivity index is 1.46. The number of rotatable bonds is 0. The van der Waals surface area contributed by atoms with Crippen molar-refractivity contribution in [1.29, 1.82) is 0 Å². The van der Waals surface area contributed by atoms with Crippen LogP contribution in [0.4, 0.5) is 0 Å².